The maximum atomic E-state index is 13.3. The van der Waals surface area contributed by atoms with Crippen LogP contribution in [0.2, 0.25) is 0 Å². The van der Waals surface area contributed by atoms with Gasteiger partial charge < -0.3 is 33.7 Å². The van der Waals surface area contributed by atoms with Gasteiger partial charge in [-0.2, -0.15) is 0 Å². The van der Waals surface area contributed by atoms with Crippen LogP contribution in [0.3, 0.4) is 0 Å². The molecule has 4 aliphatic heterocycles. The van der Waals surface area contributed by atoms with Crippen molar-refractivity contribution in [2.75, 3.05) is 59.4 Å². The van der Waals surface area contributed by atoms with Gasteiger partial charge in [0.2, 0.25) is 6.79 Å². The minimum atomic E-state index is -0.784. The molecule has 1 amide bonds. The maximum absolute atomic E-state index is 13.3. The molecule has 4 aliphatic rings. The average Bonchev–Trinajstić information content (AvgIpc) is 3.49. The molecule has 0 radical (unpaired) electrons. The van der Waals surface area contributed by atoms with Gasteiger partial charge in [-0.05, 0) is 35.9 Å². The molecule has 2 saturated heterocycles. The van der Waals surface area contributed by atoms with Gasteiger partial charge in [0.05, 0.1) is 24.8 Å². The summed E-state index contributed by atoms with van der Waals surface area (Å²) in [5, 5.41) is 11.4. The van der Waals surface area contributed by atoms with Crippen molar-refractivity contribution in [1.29, 1.82) is 0 Å². The Morgan fingerprint density at radius 2 is 1.53 bits per heavy atom. The number of nitrogens with zero attached hydrogens (tertiary/aromatic N) is 2. The van der Waals surface area contributed by atoms with Crippen LogP contribution in [0.15, 0.2) is 42.0 Å². The number of benzene rings is 2. The van der Waals surface area contributed by atoms with Crippen molar-refractivity contribution >= 4 is 17.4 Å². The first-order valence-electron chi connectivity index (χ1n) is 12.0. The van der Waals surface area contributed by atoms with E-state index in [2.05, 4.69) is 4.90 Å². The van der Waals surface area contributed by atoms with Gasteiger partial charge in [-0.25, -0.2) is 0 Å². The lowest BCUT2D eigenvalue weighted by Gasteiger charge is -2.31. The van der Waals surface area contributed by atoms with Crippen LogP contribution in [0.25, 0.3) is 5.76 Å². The van der Waals surface area contributed by atoms with Crippen LogP contribution in [-0.4, -0.2) is 86.0 Å². The van der Waals surface area contributed by atoms with Crippen molar-refractivity contribution in [3.05, 3.63) is 53.1 Å². The van der Waals surface area contributed by atoms with Gasteiger partial charge in [0, 0.05) is 31.7 Å². The van der Waals surface area contributed by atoms with E-state index in [4.69, 9.17) is 23.7 Å². The van der Waals surface area contributed by atoms with Gasteiger partial charge in [-0.15, -0.1) is 0 Å². The number of aliphatic hydroxyl groups excluding tert-OH is 1. The van der Waals surface area contributed by atoms with Crippen molar-refractivity contribution in [1.82, 2.24) is 9.80 Å². The maximum Gasteiger partial charge on any atom is 0.295 e. The van der Waals surface area contributed by atoms with E-state index in [1.165, 1.54) is 4.90 Å². The summed E-state index contributed by atoms with van der Waals surface area (Å²) < 4.78 is 27.6. The van der Waals surface area contributed by atoms with Gasteiger partial charge >= 0.3 is 0 Å². The molecule has 10 nitrogen and oxygen atoms in total. The molecule has 0 bridgehead atoms. The van der Waals surface area contributed by atoms with Gasteiger partial charge in [0.15, 0.2) is 23.0 Å². The molecule has 0 spiro atoms. The minimum absolute atomic E-state index is 0.0255. The highest BCUT2D eigenvalue weighted by Crippen LogP contribution is 2.43. The van der Waals surface area contributed by atoms with E-state index in [9.17, 15) is 14.7 Å². The molecular formula is C26H26N2O8. The summed E-state index contributed by atoms with van der Waals surface area (Å²) in [7, 11) is 0. The van der Waals surface area contributed by atoms with Gasteiger partial charge in [-0.1, -0.05) is 6.07 Å². The predicted octanol–water partition coefficient (Wildman–Crippen LogP) is 1.94. The van der Waals surface area contributed by atoms with E-state index in [0.29, 0.717) is 73.6 Å². The standard InChI is InChI=1S/C26H26N2O8/c29-24(17-2-4-18-20(14-17)34-12-11-33-18)22-23(16-1-3-19-21(13-16)36-15-35-19)28(26(31)25(22)30)6-5-27-7-9-32-10-8-27/h1-4,13-14,23,29H,5-12,15H2/b24-22+. The fourth-order valence-electron chi connectivity index (χ4n) is 4.96. The summed E-state index contributed by atoms with van der Waals surface area (Å²) in [6.07, 6.45) is 0. The quantitative estimate of drug-likeness (QED) is 0.379. The molecule has 2 aromatic carbocycles. The molecular weight excluding hydrogens is 468 g/mol. The molecule has 2 fully saturated rings. The van der Waals surface area contributed by atoms with Crippen LogP contribution in [-0.2, 0) is 14.3 Å². The first-order chi connectivity index (χ1) is 17.6. The van der Waals surface area contributed by atoms with E-state index in [-0.39, 0.29) is 18.1 Å². The fourth-order valence-corrected chi connectivity index (χ4v) is 4.96. The third-order valence-corrected chi connectivity index (χ3v) is 6.83. The first-order valence-corrected chi connectivity index (χ1v) is 12.0. The number of likely N-dealkylation sites (tertiary alicyclic amines) is 1. The molecule has 36 heavy (non-hydrogen) atoms. The number of Topliss-reactive ketones (excluding diaryl/α,β-unsaturated/α-hetero) is 1. The number of morpholine rings is 1. The molecule has 0 aliphatic carbocycles. The van der Waals surface area contributed by atoms with Crippen LogP contribution < -0.4 is 18.9 Å². The fraction of sp³-hybridized carbons (Fsp3) is 0.385. The SMILES string of the molecule is O=C1C(=O)N(CCN2CCOCC2)C(c2ccc3c(c2)OCO3)/C1=C(\O)c1ccc2c(c1)OCCO2. The van der Waals surface area contributed by atoms with Crippen molar-refractivity contribution in [3.8, 4) is 23.0 Å². The monoisotopic (exact) mass is 494 g/mol. The molecule has 188 valence electrons. The second-order valence-corrected chi connectivity index (χ2v) is 8.92. The number of amides is 1. The number of carbonyl (C=O) groups is 2. The van der Waals surface area contributed by atoms with Gasteiger partial charge in [0.1, 0.15) is 19.0 Å². The van der Waals surface area contributed by atoms with E-state index >= 15 is 0 Å². The third kappa shape index (κ3) is 4.02. The van der Waals surface area contributed by atoms with E-state index in [1.54, 1.807) is 36.4 Å². The molecule has 6 rings (SSSR count). The van der Waals surface area contributed by atoms with Crippen molar-refractivity contribution in [2.24, 2.45) is 0 Å². The summed E-state index contributed by atoms with van der Waals surface area (Å²) in [4.78, 5) is 30.3. The van der Waals surface area contributed by atoms with E-state index in [1.807, 2.05) is 0 Å². The number of carbonyl (C=O) groups excluding carboxylic acids is 2. The second kappa shape index (κ2) is 9.36. The highest BCUT2D eigenvalue weighted by Gasteiger charge is 2.46. The average molecular weight is 495 g/mol. The second-order valence-electron chi connectivity index (χ2n) is 8.92. The summed E-state index contributed by atoms with van der Waals surface area (Å²) in [6, 6.07) is 9.49. The molecule has 4 heterocycles. The molecule has 0 aromatic heterocycles. The number of aliphatic hydroxyl groups is 1. The largest absolute Gasteiger partial charge is 0.507 e. The van der Waals surface area contributed by atoms with Crippen LogP contribution >= 0.6 is 0 Å². The number of fused-ring (bicyclic) bond motifs is 2. The van der Waals surface area contributed by atoms with Gasteiger partial charge in [0.25, 0.3) is 11.7 Å². The topological polar surface area (TPSA) is 107 Å². The summed E-state index contributed by atoms with van der Waals surface area (Å²) in [6.45, 7) is 4.63. The Kier molecular flexibility index (Phi) is 5.90. The lowest BCUT2D eigenvalue weighted by molar-refractivity contribution is -0.140. The Labute approximate surface area is 207 Å². The number of rotatable bonds is 5. The zero-order valence-corrected chi connectivity index (χ0v) is 19.6. The van der Waals surface area contributed by atoms with Crippen LogP contribution in [0.4, 0.5) is 0 Å². The Morgan fingerprint density at radius 1 is 0.833 bits per heavy atom. The zero-order valence-electron chi connectivity index (χ0n) is 19.6. The van der Waals surface area contributed by atoms with Crippen LogP contribution in [0, 0.1) is 0 Å². The first kappa shape index (κ1) is 22.7. The van der Waals surface area contributed by atoms with Crippen LogP contribution in [0.5, 0.6) is 23.0 Å². The third-order valence-electron chi connectivity index (χ3n) is 6.83. The summed E-state index contributed by atoms with van der Waals surface area (Å²) >= 11 is 0. The highest BCUT2D eigenvalue weighted by atomic mass is 16.7. The summed E-state index contributed by atoms with van der Waals surface area (Å²) in [5.41, 5.74) is 1.05. The number of hydrogen-bond acceptors (Lipinski definition) is 9. The van der Waals surface area contributed by atoms with Crippen molar-refractivity contribution in [3.63, 3.8) is 0 Å². The normalized spacial score (nSPS) is 22.8. The lowest BCUT2D eigenvalue weighted by atomic mass is 9.95. The zero-order chi connectivity index (χ0) is 24.6. The Hall–Kier alpha value is -3.76. The smallest absolute Gasteiger partial charge is 0.295 e. The van der Waals surface area contributed by atoms with Crippen molar-refractivity contribution < 1.29 is 38.4 Å². The van der Waals surface area contributed by atoms with Crippen LogP contribution in [0.1, 0.15) is 17.2 Å². The molecule has 2 aromatic rings. The van der Waals surface area contributed by atoms with E-state index in [0.717, 1.165) is 13.1 Å². The van der Waals surface area contributed by atoms with Crippen molar-refractivity contribution in [2.45, 2.75) is 6.04 Å². The Bertz CT molecular complexity index is 1240. The van der Waals surface area contributed by atoms with E-state index < -0.39 is 17.7 Å². The molecule has 1 unspecified atom stereocenters. The summed E-state index contributed by atoms with van der Waals surface area (Å²) in [5.74, 6) is 0.530. The number of ketones is 1. The van der Waals surface area contributed by atoms with Gasteiger partial charge in [-0.3, -0.25) is 14.5 Å². The predicted molar refractivity (Wildman–Crippen MR) is 126 cm³/mol. The number of ether oxygens (including phenoxy) is 5. The number of hydrogen-bond donors (Lipinski definition) is 1. The molecule has 1 N–H and O–H groups in total. The lowest BCUT2D eigenvalue weighted by Crippen LogP contribution is -2.42. The minimum Gasteiger partial charge on any atom is -0.507 e. The Morgan fingerprint density at radius 3 is 2.36 bits per heavy atom. The molecule has 10 heteroatoms. The molecule has 0 saturated carbocycles. The molecule has 1 atom stereocenters. The Balaban J connectivity index is 1.40. The highest BCUT2D eigenvalue weighted by molar-refractivity contribution is 6.46.